The summed E-state index contributed by atoms with van der Waals surface area (Å²) < 4.78 is 63.2. The molecule has 0 bridgehead atoms. The molecule has 0 aliphatic heterocycles. The maximum atomic E-state index is 8.74. The van der Waals surface area contributed by atoms with Gasteiger partial charge in [0.1, 0.15) is 0 Å². The third-order valence-corrected chi connectivity index (χ3v) is 0. The summed E-state index contributed by atoms with van der Waals surface area (Å²) in [4.78, 5) is 0. The van der Waals surface area contributed by atoms with E-state index in [0.29, 0.717) is 0 Å². The van der Waals surface area contributed by atoms with Crippen LogP contribution in [-0.4, -0.2) is 99.6 Å². The molecule has 0 saturated carbocycles. The predicted octanol–water partition coefficient (Wildman–Crippen LogP) is -3.43. The first-order chi connectivity index (χ1) is 4.00. The Morgan fingerprint density at radius 1 is 0.615 bits per heavy atom. The monoisotopic (exact) mass is 262 g/mol. The van der Waals surface area contributed by atoms with Crippen LogP contribution in [-0.2, 0) is 20.8 Å². The van der Waals surface area contributed by atoms with E-state index in [1.54, 1.807) is 0 Å². The Kier molecular flexibility index (Phi) is 26.6. The Bertz CT molecular complexity index is 212. The average Bonchev–Trinajstić information content (AvgIpc) is 1.12. The quantitative estimate of drug-likeness (QED) is 0.257. The number of hydrogen-bond acceptors (Lipinski definition) is 4. The average molecular weight is 262 g/mol. The van der Waals surface area contributed by atoms with Crippen LogP contribution in [0.4, 0.5) is 0 Å². The maximum absolute atomic E-state index is 8.74. The van der Waals surface area contributed by atoms with Crippen molar-refractivity contribution in [2.24, 2.45) is 0 Å². The van der Waals surface area contributed by atoms with Crippen molar-refractivity contribution in [3.63, 3.8) is 0 Å². The SMILES string of the molecule is O.O=S(=O)(O)O.O=S(=O)(O)O.[NaH].[NaH]. The standard InChI is InChI=1S/2Na.2H2O4S.H2O.2H/c;;2*1-5(2,3)4;;;/h;;2*(H2,1,2,3,4);1H2;;. The van der Waals surface area contributed by atoms with E-state index < -0.39 is 20.8 Å². The summed E-state index contributed by atoms with van der Waals surface area (Å²) in [7, 11) is -9.33. The third-order valence-electron chi connectivity index (χ3n) is 0. The molecule has 13 heavy (non-hydrogen) atoms. The second-order valence-electron chi connectivity index (χ2n) is 0.896. The molecule has 0 atom stereocenters. The summed E-state index contributed by atoms with van der Waals surface area (Å²) >= 11 is 0. The first-order valence-corrected chi connectivity index (χ1v) is 4.19. The van der Waals surface area contributed by atoms with Gasteiger partial charge in [-0.2, -0.15) is 16.8 Å². The summed E-state index contributed by atoms with van der Waals surface area (Å²) in [6, 6.07) is 0. The molecular formula is H8Na2O9S2. The third kappa shape index (κ3) is 649. The van der Waals surface area contributed by atoms with Crippen molar-refractivity contribution in [2.45, 2.75) is 0 Å². The van der Waals surface area contributed by atoms with Gasteiger partial charge in [0.25, 0.3) is 0 Å². The first kappa shape index (κ1) is 29.3. The van der Waals surface area contributed by atoms with Crippen molar-refractivity contribution in [1.29, 1.82) is 0 Å². The molecule has 0 spiro atoms. The van der Waals surface area contributed by atoms with Gasteiger partial charge in [-0.25, -0.2) is 0 Å². The van der Waals surface area contributed by atoms with Crippen LogP contribution in [0, 0.1) is 0 Å². The van der Waals surface area contributed by atoms with Crippen LogP contribution >= 0.6 is 0 Å². The van der Waals surface area contributed by atoms with Crippen LogP contribution in [0.3, 0.4) is 0 Å². The van der Waals surface area contributed by atoms with Crippen LogP contribution in [0.1, 0.15) is 0 Å². The molecule has 0 aromatic heterocycles. The van der Waals surface area contributed by atoms with Crippen LogP contribution in [0.25, 0.3) is 0 Å². The summed E-state index contributed by atoms with van der Waals surface area (Å²) in [5, 5.41) is 0. The van der Waals surface area contributed by atoms with Crippen LogP contribution < -0.4 is 0 Å². The van der Waals surface area contributed by atoms with E-state index in [9.17, 15) is 0 Å². The van der Waals surface area contributed by atoms with Crippen LogP contribution in [0.15, 0.2) is 0 Å². The Hall–Kier alpha value is 1.70. The fourth-order valence-corrected chi connectivity index (χ4v) is 0. The summed E-state index contributed by atoms with van der Waals surface area (Å²) in [6.45, 7) is 0. The van der Waals surface area contributed by atoms with Crippen LogP contribution in [0.2, 0.25) is 0 Å². The molecule has 0 aliphatic rings. The Morgan fingerprint density at radius 2 is 0.615 bits per heavy atom. The van der Waals surface area contributed by atoms with Gasteiger partial charge < -0.3 is 5.48 Å². The van der Waals surface area contributed by atoms with E-state index in [-0.39, 0.29) is 64.6 Å². The molecule has 0 rings (SSSR count). The molecule has 0 aromatic rings. The van der Waals surface area contributed by atoms with E-state index in [1.165, 1.54) is 0 Å². The second kappa shape index (κ2) is 11.8. The van der Waals surface area contributed by atoms with Crippen molar-refractivity contribution in [3.05, 3.63) is 0 Å². The van der Waals surface area contributed by atoms with Gasteiger partial charge in [0.2, 0.25) is 0 Å². The molecule has 0 amide bonds. The van der Waals surface area contributed by atoms with Crippen molar-refractivity contribution < 1.29 is 40.5 Å². The zero-order chi connectivity index (χ0) is 9.00. The molecule has 0 radical (unpaired) electrons. The van der Waals surface area contributed by atoms with Gasteiger partial charge in [0.15, 0.2) is 0 Å². The summed E-state index contributed by atoms with van der Waals surface area (Å²) in [6.07, 6.45) is 0. The molecule has 9 nitrogen and oxygen atoms in total. The Morgan fingerprint density at radius 3 is 0.615 bits per heavy atom. The van der Waals surface area contributed by atoms with E-state index >= 15 is 0 Å². The van der Waals surface area contributed by atoms with E-state index in [2.05, 4.69) is 0 Å². The van der Waals surface area contributed by atoms with Gasteiger partial charge in [0.05, 0.1) is 0 Å². The molecule has 0 heterocycles. The van der Waals surface area contributed by atoms with Gasteiger partial charge in [-0.1, -0.05) is 0 Å². The minimum absolute atomic E-state index is 0. The van der Waals surface area contributed by atoms with E-state index in [1.807, 2.05) is 0 Å². The number of hydrogen-bond donors (Lipinski definition) is 4. The van der Waals surface area contributed by atoms with Gasteiger partial charge in [0, 0.05) is 0 Å². The van der Waals surface area contributed by atoms with E-state index in [0.717, 1.165) is 0 Å². The molecule has 0 fully saturated rings. The van der Waals surface area contributed by atoms with Gasteiger partial charge in [-0.3, -0.25) is 18.2 Å². The minimum atomic E-state index is -4.67. The topological polar surface area (TPSA) is 181 Å². The zero-order valence-corrected chi connectivity index (χ0v) is 6.37. The molecule has 0 aromatic carbocycles. The molecule has 0 aliphatic carbocycles. The van der Waals surface area contributed by atoms with Crippen molar-refractivity contribution in [3.8, 4) is 0 Å². The zero-order valence-electron chi connectivity index (χ0n) is 4.74. The summed E-state index contributed by atoms with van der Waals surface area (Å²) in [5.41, 5.74) is 0. The normalized spacial score (nSPS) is 8.92. The van der Waals surface area contributed by atoms with Crippen molar-refractivity contribution >= 4 is 79.9 Å². The van der Waals surface area contributed by atoms with Crippen LogP contribution in [0.5, 0.6) is 0 Å². The fraction of sp³-hybridized carbons (Fsp3) is 0. The molecule has 6 N–H and O–H groups in total. The van der Waals surface area contributed by atoms with Gasteiger partial charge >= 0.3 is 79.9 Å². The molecule has 13 heteroatoms. The molecule has 0 saturated heterocycles. The van der Waals surface area contributed by atoms with Gasteiger partial charge in [-0.15, -0.1) is 0 Å². The predicted molar refractivity (Wildman–Crippen MR) is 46.3 cm³/mol. The Labute approximate surface area is 119 Å². The van der Waals surface area contributed by atoms with Gasteiger partial charge in [-0.05, 0) is 0 Å². The van der Waals surface area contributed by atoms with Crippen molar-refractivity contribution in [2.75, 3.05) is 0 Å². The molecular weight excluding hydrogens is 254 g/mol. The Balaban J connectivity index is -0.0000000267. The number of rotatable bonds is 0. The second-order valence-corrected chi connectivity index (χ2v) is 2.69. The van der Waals surface area contributed by atoms with Crippen molar-refractivity contribution in [1.82, 2.24) is 0 Å². The fourth-order valence-electron chi connectivity index (χ4n) is 0. The first-order valence-electron chi connectivity index (χ1n) is 1.40. The molecule has 0 unspecified atom stereocenters. The summed E-state index contributed by atoms with van der Waals surface area (Å²) in [5.74, 6) is 0. The molecule has 76 valence electrons. The van der Waals surface area contributed by atoms with E-state index in [4.69, 9.17) is 35.0 Å².